The Morgan fingerprint density at radius 2 is 1.67 bits per heavy atom. The van der Waals surface area contributed by atoms with Crippen LogP contribution in [0.1, 0.15) is 68.4 Å². The lowest BCUT2D eigenvalue weighted by Gasteiger charge is -2.37. The van der Waals surface area contributed by atoms with Gasteiger partial charge in [0.05, 0.1) is 5.57 Å². The number of Topliss-reactive ketones (excluding diaryl/α,β-unsaturated/α-hetero) is 1. The first-order valence-corrected chi connectivity index (χ1v) is 11.8. The Balaban J connectivity index is 1.54. The summed E-state index contributed by atoms with van der Waals surface area (Å²) in [5.41, 5.74) is 4.72. The van der Waals surface area contributed by atoms with Crippen molar-refractivity contribution in [1.29, 1.82) is 0 Å². The molecular weight excluding hydrogens is 414 g/mol. The van der Waals surface area contributed by atoms with Gasteiger partial charge >= 0.3 is 5.97 Å². The summed E-state index contributed by atoms with van der Waals surface area (Å²) in [7, 11) is 0. The van der Waals surface area contributed by atoms with E-state index in [9.17, 15) is 14.7 Å². The van der Waals surface area contributed by atoms with Crippen molar-refractivity contribution in [2.24, 2.45) is 0 Å². The van der Waals surface area contributed by atoms with Crippen molar-refractivity contribution in [3.63, 3.8) is 0 Å². The van der Waals surface area contributed by atoms with Crippen LogP contribution < -0.4 is 5.32 Å². The van der Waals surface area contributed by atoms with Crippen molar-refractivity contribution in [3.05, 3.63) is 88.3 Å². The molecule has 33 heavy (non-hydrogen) atoms. The number of dihydropyridines is 1. The van der Waals surface area contributed by atoms with E-state index in [1.807, 2.05) is 25.1 Å². The van der Waals surface area contributed by atoms with Gasteiger partial charge in [-0.1, -0.05) is 42.5 Å². The lowest BCUT2D eigenvalue weighted by molar-refractivity contribution is -0.144. The average molecular weight is 444 g/mol. The van der Waals surface area contributed by atoms with E-state index in [1.165, 1.54) is 0 Å². The molecule has 0 aromatic heterocycles. The zero-order valence-corrected chi connectivity index (χ0v) is 18.8. The predicted octanol–water partition coefficient (Wildman–Crippen LogP) is 5.24. The van der Waals surface area contributed by atoms with E-state index in [4.69, 9.17) is 4.74 Å². The molecule has 170 valence electrons. The van der Waals surface area contributed by atoms with E-state index in [1.54, 1.807) is 24.3 Å². The largest absolute Gasteiger partial charge is 0.508 e. The minimum atomic E-state index is -0.500. The van der Waals surface area contributed by atoms with Gasteiger partial charge in [-0.05, 0) is 68.2 Å². The third kappa shape index (κ3) is 4.20. The number of rotatable bonds is 4. The molecule has 5 nitrogen and oxygen atoms in total. The van der Waals surface area contributed by atoms with Crippen molar-refractivity contribution in [3.8, 4) is 5.75 Å². The molecule has 5 rings (SSSR count). The SMILES string of the molecule is CC1=C(C(=O)OC2CCCC2)[C@@H](c2ccc(O)cc2)C2=C(C[C@@H](c3ccccc3)CC2=O)N1. The number of hydrogen-bond acceptors (Lipinski definition) is 5. The van der Waals surface area contributed by atoms with Crippen LogP contribution in [0.15, 0.2) is 77.1 Å². The van der Waals surface area contributed by atoms with Gasteiger partial charge < -0.3 is 15.2 Å². The average Bonchev–Trinajstić information content (AvgIpc) is 3.32. The molecule has 1 aliphatic heterocycles. The van der Waals surface area contributed by atoms with E-state index in [-0.39, 0.29) is 29.5 Å². The van der Waals surface area contributed by atoms with Crippen LogP contribution in [0.4, 0.5) is 0 Å². The second kappa shape index (κ2) is 8.89. The van der Waals surface area contributed by atoms with Crippen molar-refractivity contribution in [1.82, 2.24) is 5.32 Å². The van der Waals surface area contributed by atoms with Crippen molar-refractivity contribution >= 4 is 11.8 Å². The second-order valence-electron chi connectivity index (χ2n) is 9.33. The first-order valence-electron chi connectivity index (χ1n) is 11.8. The highest BCUT2D eigenvalue weighted by atomic mass is 16.5. The number of ether oxygens (including phenoxy) is 1. The smallest absolute Gasteiger partial charge is 0.337 e. The van der Waals surface area contributed by atoms with Crippen LogP contribution in [0.2, 0.25) is 0 Å². The molecule has 5 heteroatoms. The van der Waals surface area contributed by atoms with Gasteiger partial charge in [0, 0.05) is 29.3 Å². The van der Waals surface area contributed by atoms with Gasteiger partial charge in [-0.2, -0.15) is 0 Å². The third-order valence-corrected chi connectivity index (χ3v) is 7.12. The molecule has 2 atom stereocenters. The van der Waals surface area contributed by atoms with Crippen LogP contribution in [0.5, 0.6) is 5.75 Å². The summed E-state index contributed by atoms with van der Waals surface area (Å²) in [6.07, 6.45) is 4.99. The molecule has 0 bridgehead atoms. The molecule has 0 radical (unpaired) electrons. The van der Waals surface area contributed by atoms with Crippen molar-refractivity contribution < 1.29 is 19.4 Å². The molecule has 0 saturated heterocycles. The highest BCUT2D eigenvalue weighted by molar-refractivity contribution is 6.04. The minimum absolute atomic E-state index is 0.0503. The number of allylic oxidation sites excluding steroid dienone is 3. The lowest BCUT2D eigenvalue weighted by atomic mass is 9.71. The number of phenolic OH excluding ortho intramolecular Hbond substituents is 1. The number of hydrogen-bond donors (Lipinski definition) is 2. The summed E-state index contributed by atoms with van der Waals surface area (Å²) >= 11 is 0. The van der Waals surface area contributed by atoms with Crippen LogP contribution in [-0.4, -0.2) is 23.0 Å². The molecule has 1 saturated carbocycles. The zero-order chi connectivity index (χ0) is 22.9. The van der Waals surface area contributed by atoms with Crippen LogP contribution in [0.25, 0.3) is 0 Å². The number of carbonyl (C=O) groups excluding carboxylic acids is 2. The summed E-state index contributed by atoms with van der Waals surface area (Å²) in [4.78, 5) is 26.9. The lowest BCUT2D eigenvalue weighted by Crippen LogP contribution is -2.36. The maximum Gasteiger partial charge on any atom is 0.337 e. The zero-order valence-electron chi connectivity index (χ0n) is 18.8. The van der Waals surface area contributed by atoms with E-state index in [0.717, 1.165) is 48.2 Å². The van der Waals surface area contributed by atoms with E-state index in [0.29, 0.717) is 24.0 Å². The minimum Gasteiger partial charge on any atom is -0.508 e. The standard InChI is InChI=1S/C28H29NO4/c1-17-25(28(32)33-22-9-5-6-10-22)26(19-11-13-21(30)14-12-19)27-23(29-17)15-20(16-24(27)31)18-7-3-2-4-8-18/h2-4,7-8,11-14,20,22,26,29-30H,5-6,9-10,15-16H2,1H3/t20-,26-/m1/s1. The van der Waals surface area contributed by atoms with Crippen LogP contribution in [0.3, 0.4) is 0 Å². The van der Waals surface area contributed by atoms with Gasteiger partial charge in [-0.25, -0.2) is 4.79 Å². The van der Waals surface area contributed by atoms with Crippen molar-refractivity contribution in [2.75, 3.05) is 0 Å². The summed E-state index contributed by atoms with van der Waals surface area (Å²) in [5.74, 6) is -0.550. The molecule has 2 aromatic rings. The van der Waals surface area contributed by atoms with Crippen LogP contribution >= 0.6 is 0 Å². The molecule has 2 aliphatic carbocycles. The topological polar surface area (TPSA) is 75.6 Å². The molecule has 0 amide bonds. The number of phenols is 1. The summed E-state index contributed by atoms with van der Waals surface area (Å²) in [6.45, 7) is 1.89. The Hall–Kier alpha value is -3.34. The number of aromatic hydroxyl groups is 1. The Morgan fingerprint density at radius 3 is 2.36 bits per heavy atom. The van der Waals surface area contributed by atoms with Crippen molar-refractivity contribution in [2.45, 2.75) is 63.4 Å². The molecular formula is C28H29NO4. The maximum atomic E-state index is 13.6. The van der Waals surface area contributed by atoms with Gasteiger partial charge in [-0.15, -0.1) is 0 Å². The second-order valence-corrected chi connectivity index (χ2v) is 9.33. The fourth-order valence-corrected chi connectivity index (χ4v) is 5.49. The Morgan fingerprint density at radius 1 is 0.970 bits per heavy atom. The molecule has 2 aromatic carbocycles. The highest BCUT2D eigenvalue weighted by Crippen LogP contribution is 2.46. The van der Waals surface area contributed by atoms with E-state index >= 15 is 0 Å². The highest BCUT2D eigenvalue weighted by Gasteiger charge is 2.42. The molecule has 1 fully saturated rings. The van der Waals surface area contributed by atoms with E-state index < -0.39 is 5.92 Å². The summed E-state index contributed by atoms with van der Waals surface area (Å²) in [6, 6.07) is 16.9. The summed E-state index contributed by atoms with van der Waals surface area (Å²) in [5, 5.41) is 13.2. The number of benzene rings is 2. The Bertz CT molecular complexity index is 1120. The molecule has 3 aliphatic rings. The fraction of sp³-hybridized carbons (Fsp3) is 0.357. The van der Waals surface area contributed by atoms with Crippen LogP contribution in [-0.2, 0) is 14.3 Å². The van der Waals surface area contributed by atoms with Gasteiger partial charge in [0.1, 0.15) is 11.9 Å². The maximum absolute atomic E-state index is 13.6. The fourth-order valence-electron chi connectivity index (χ4n) is 5.49. The Kier molecular flexibility index (Phi) is 5.79. The third-order valence-electron chi connectivity index (χ3n) is 7.12. The van der Waals surface area contributed by atoms with E-state index in [2.05, 4.69) is 17.4 Å². The molecule has 2 N–H and O–H groups in total. The monoisotopic (exact) mass is 443 g/mol. The first-order chi connectivity index (χ1) is 16.0. The van der Waals surface area contributed by atoms with Crippen LogP contribution in [0, 0.1) is 0 Å². The number of carbonyl (C=O) groups is 2. The molecule has 0 spiro atoms. The summed E-state index contributed by atoms with van der Waals surface area (Å²) < 4.78 is 5.88. The first kappa shape index (κ1) is 21.5. The molecule has 0 unspecified atom stereocenters. The van der Waals surface area contributed by atoms with Gasteiger partial charge in [0.2, 0.25) is 0 Å². The quantitative estimate of drug-likeness (QED) is 0.632. The number of esters is 1. The predicted molar refractivity (Wildman–Crippen MR) is 125 cm³/mol. The Labute approximate surface area is 194 Å². The number of ketones is 1. The number of nitrogens with one attached hydrogen (secondary N) is 1. The normalized spacial score (nSPS) is 23.4. The van der Waals surface area contributed by atoms with Gasteiger partial charge in [-0.3, -0.25) is 4.79 Å². The van der Waals surface area contributed by atoms with Gasteiger partial charge in [0.15, 0.2) is 5.78 Å². The van der Waals surface area contributed by atoms with Gasteiger partial charge in [0.25, 0.3) is 0 Å². The molecule has 1 heterocycles.